The van der Waals surface area contributed by atoms with Gasteiger partial charge in [0.15, 0.2) is 0 Å². The minimum atomic E-state index is 0.202. The fourth-order valence-electron chi connectivity index (χ4n) is 4.37. The van der Waals surface area contributed by atoms with E-state index < -0.39 is 0 Å². The maximum atomic E-state index is 4.76. The Bertz CT molecular complexity index is 1070. The Morgan fingerprint density at radius 1 is 0.724 bits per heavy atom. The molecule has 0 aliphatic heterocycles. The molecule has 29 heavy (non-hydrogen) atoms. The molecule has 4 aromatic rings. The van der Waals surface area contributed by atoms with Crippen LogP contribution in [0, 0.1) is 20.8 Å². The number of pyridine rings is 1. The van der Waals surface area contributed by atoms with Crippen LogP contribution in [0.2, 0.25) is 0 Å². The zero-order valence-corrected chi connectivity index (χ0v) is 17.4. The van der Waals surface area contributed by atoms with E-state index in [1.165, 1.54) is 38.9 Å². The van der Waals surface area contributed by atoms with Crippen molar-refractivity contribution < 1.29 is 0 Å². The first-order chi connectivity index (χ1) is 14.1. The van der Waals surface area contributed by atoms with E-state index in [9.17, 15) is 0 Å². The number of rotatable bonds is 5. The summed E-state index contributed by atoms with van der Waals surface area (Å²) in [4.78, 5) is 4.76. The van der Waals surface area contributed by atoms with Crippen LogP contribution in [0.15, 0.2) is 91.1 Å². The Labute approximate surface area is 174 Å². The summed E-state index contributed by atoms with van der Waals surface area (Å²) in [5, 5.41) is 0. The van der Waals surface area contributed by atoms with Gasteiger partial charge in [0, 0.05) is 17.8 Å². The summed E-state index contributed by atoms with van der Waals surface area (Å²) < 4.78 is 0. The molecule has 4 rings (SSSR count). The molecule has 1 heteroatoms. The van der Waals surface area contributed by atoms with Gasteiger partial charge in [-0.05, 0) is 72.7 Å². The second-order valence-corrected chi connectivity index (χ2v) is 7.84. The van der Waals surface area contributed by atoms with Crippen molar-refractivity contribution in [3.8, 4) is 11.1 Å². The van der Waals surface area contributed by atoms with Crippen molar-refractivity contribution in [2.24, 2.45) is 0 Å². The average molecular weight is 378 g/mol. The fourth-order valence-corrected chi connectivity index (χ4v) is 4.37. The Balaban J connectivity index is 1.86. The maximum Gasteiger partial charge on any atom is 0.0481 e. The van der Waals surface area contributed by atoms with E-state index >= 15 is 0 Å². The van der Waals surface area contributed by atoms with E-state index in [-0.39, 0.29) is 5.92 Å². The molecule has 0 spiro atoms. The molecular weight excluding hydrogens is 350 g/mol. The van der Waals surface area contributed by atoms with Crippen LogP contribution in [0.25, 0.3) is 11.1 Å². The van der Waals surface area contributed by atoms with Crippen molar-refractivity contribution in [3.05, 3.63) is 125 Å². The molecule has 0 N–H and O–H groups in total. The monoisotopic (exact) mass is 377 g/mol. The average Bonchev–Trinajstić information content (AvgIpc) is 2.75. The molecule has 0 saturated carbocycles. The van der Waals surface area contributed by atoms with Gasteiger partial charge in [-0.15, -0.1) is 0 Å². The SMILES string of the molecule is Cc1cc(C)c(CC(c2ccccn2)c2ccccc2-c2ccccc2)c(C)c1. The number of nitrogens with zero attached hydrogens (tertiary/aromatic N) is 1. The van der Waals surface area contributed by atoms with E-state index in [2.05, 4.69) is 99.6 Å². The van der Waals surface area contributed by atoms with E-state index in [1.54, 1.807) is 0 Å². The van der Waals surface area contributed by atoms with Crippen molar-refractivity contribution in [2.75, 3.05) is 0 Å². The van der Waals surface area contributed by atoms with Gasteiger partial charge in [0.1, 0.15) is 0 Å². The topological polar surface area (TPSA) is 12.9 Å². The molecule has 1 atom stereocenters. The van der Waals surface area contributed by atoms with E-state index in [1.807, 2.05) is 12.3 Å². The van der Waals surface area contributed by atoms with Gasteiger partial charge < -0.3 is 0 Å². The Morgan fingerprint density at radius 3 is 2.07 bits per heavy atom. The van der Waals surface area contributed by atoms with Crippen molar-refractivity contribution in [1.82, 2.24) is 4.98 Å². The van der Waals surface area contributed by atoms with Gasteiger partial charge in [-0.25, -0.2) is 0 Å². The third-order valence-electron chi connectivity index (χ3n) is 5.71. The van der Waals surface area contributed by atoms with Gasteiger partial charge in [0.2, 0.25) is 0 Å². The summed E-state index contributed by atoms with van der Waals surface area (Å²) in [6, 6.07) is 30.3. The minimum absolute atomic E-state index is 0.202. The highest BCUT2D eigenvalue weighted by Gasteiger charge is 2.21. The molecule has 0 aliphatic carbocycles. The molecule has 1 nitrogen and oxygen atoms in total. The van der Waals surface area contributed by atoms with Crippen LogP contribution in [0.3, 0.4) is 0 Å². The van der Waals surface area contributed by atoms with Crippen molar-refractivity contribution in [2.45, 2.75) is 33.1 Å². The molecule has 1 aromatic heterocycles. The van der Waals surface area contributed by atoms with Crippen LogP contribution < -0.4 is 0 Å². The first kappa shape index (κ1) is 19.1. The lowest BCUT2D eigenvalue weighted by atomic mass is 9.82. The summed E-state index contributed by atoms with van der Waals surface area (Å²) >= 11 is 0. The number of benzene rings is 3. The second-order valence-electron chi connectivity index (χ2n) is 7.84. The first-order valence-corrected chi connectivity index (χ1v) is 10.3. The molecule has 144 valence electrons. The Kier molecular flexibility index (Phi) is 5.57. The van der Waals surface area contributed by atoms with Gasteiger partial charge in [-0.3, -0.25) is 4.98 Å². The summed E-state index contributed by atoms with van der Waals surface area (Å²) in [6.07, 6.45) is 2.85. The molecule has 0 amide bonds. The number of aryl methyl sites for hydroxylation is 3. The molecule has 0 bridgehead atoms. The normalized spacial score (nSPS) is 12.0. The highest BCUT2D eigenvalue weighted by molar-refractivity contribution is 5.69. The summed E-state index contributed by atoms with van der Waals surface area (Å²) in [7, 11) is 0. The number of aromatic nitrogens is 1. The van der Waals surface area contributed by atoms with Gasteiger partial charge in [0.05, 0.1) is 0 Å². The predicted octanol–water partition coefficient (Wildman–Crippen LogP) is 7.05. The largest absolute Gasteiger partial charge is 0.261 e. The van der Waals surface area contributed by atoms with Gasteiger partial charge >= 0.3 is 0 Å². The van der Waals surface area contributed by atoms with Crippen LogP contribution >= 0.6 is 0 Å². The van der Waals surface area contributed by atoms with Crippen molar-refractivity contribution in [1.29, 1.82) is 0 Å². The lowest BCUT2D eigenvalue weighted by molar-refractivity contribution is 0.767. The second kappa shape index (κ2) is 8.45. The Morgan fingerprint density at radius 2 is 1.38 bits per heavy atom. The van der Waals surface area contributed by atoms with E-state index in [0.717, 1.165) is 12.1 Å². The van der Waals surface area contributed by atoms with E-state index in [0.29, 0.717) is 0 Å². The van der Waals surface area contributed by atoms with Crippen LogP contribution in [-0.2, 0) is 6.42 Å². The summed E-state index contributed by atoms with van der Waals surface area (Å²) in [5.74, 6) is 0.202. The molecule has 3 aromatic carbocycles. The van der Waals surface area contributed by atoms with Crippen LogP contribution in [0.5, 0.6) is 0 Å². The smallest absolute Gasteiger partial charge is 0.0481 e. The van der Waals surface area contributed by atoms with Crippen molar-refractivity contribution in [3.63, 3.8) is 0 Å². The molecule has 0 aliphatic rings. The number of hydrogen-bond donors (Lipinski definition) is 0. The molecule has 0 fully saturated rings. The zero-order chi connectivity index (χ0) is 20.2. The quantitative estimate of drug-likeness (QED) is 0.363. The third-order valence-corrected chi connectivity index (χ3v) is 5.71. The Hall–Kier alpha value is -3.19. The zero-order valence-electron chi connectivity index (χ0n) is 17.4. The first-order valence-electron chi connectivity index (χ1n) is 10.3. The molecule has 1 heterocycles. The van der Waals surface area contributed by atoms with Gasteiger partial charge in [-0.1, -0.05) is 78.4 Å². The van der Waals surface area contributed by atoms with Crippen LogP contribution in [-0.4, -0.2) is 4.98 Å². The molecular formula is C28H27N. The highest BCUT2D eigenvalue weighted by atomic mass is 14.7. The molecule has 1 unspecified atom stereocenters. The van der Waals surface area contributed by atoms with Gasteiger partial charge in [0.25, 0.3) is 0 Å². The maximum absolute atomic E-state index is 4.76. The summed E-state index contributed by atoms with van der Waals surface area (Å²) in [5.41, 5.74) is 10.5. The fraction of sp³-hybridized carbons (Fsp3) is 0.179. The van der Waals surface area contributed by atoms with Crippen molar-refractivity contribution >= 4 is 0 Å². The minimum Gasteiger partial charge on any atom is -0.261 e. The van der Waals surface area contributed by atoms with Gasteiger partial charge in [-0.2, -0.15) is 0 Å². The summed E-state index contributed by atoms with van der Waals surface area (Å²) in [6.45, 7) is 6.63. The molecule has 0 radical (unpaired) electrons. The van der Waals surface area contributed by atoms with Crippen LogP contribution in [0.4, 0.5) is 0 Å². The van der Waals surface area contributed by atoms with Crippen LogP contribution in [0.1, 0.15) is 39.4 Å². The lowest BCUT2D eigenvalue weighted by Gasteiger charge is -2.23. The standard InChI is InChI=1S/C28H27N/c1-20-17-21(2)26(22(3)18-20)19-27(28-15-9-10-16-29-28)25-14-8-7-13-24(25)23-11-5-4-6-12-23/h4-18,27H,19H2,1-3H3. The predicted molar refractivity (Wildman–Crippen MR) is 122 cm³/mol. The highest BCUT2D eigenvalue weighted by Crippen LogP contribution is 2.36. The lowest BCUT2D eigenvalue weighted by Crippen LogP contribution is -2.10. The molecule has 0 saturated heterocycles. The van der Waals surface area contributed by atoms with E-state index in [4.69, 9.17) is 4.98 Å². The third kappa shape index (κ3) is 4.14. The number of hydrogen-bond acceptors (Lipinski definition) is 1.